The highest BCUT2D eigenvalue weighted by Crippen LogP contribution is 2.20. The Morgan fingerprint density at radius 2 is 2.06 bits per heavy atom. The summed E-state index contributed by atoms with van der Waals surface area (Å²) in [7, 11) is 0. The fraction of sp³-hybridized carbons (Fsp3) is 0.333. The number of hydrogen-bond acceptors (Lipinski definition) is 2. The third-order valence-electron chi connectivity index (χ3n) is 2.03. The van der Waals surface area contributed by atoms with Crippen molar-refractivity contribution in [3.63, 3.8) is 0 Å². The monoisotopic (exact) mass is 332 g/mol. The Bertz CT molecular complexity index is 463. The molecule has 0 radical (unpaired) electrons. The summed E-state index contributed by atoms with van der Waals surface area (Å²) in [4.78, 5) is 23.2. The van der Waals surface area contributed by atoms with Gasteiger partial charge in [-0.05, 0) is 48.0 Å². The second-order valence-corrected chi connectivity index (χ2v) is 5.32. The normalized spacial score (nSPS) is 10.3. The molecule has 0 bridgehead atoms. The number of benzene rings is 1. The quantitative estimate of drug-likeness (QED) is 0.888. The Kier molecular flexibility index (Phi) is 5.62. The Balaban J connectivity index is 2.60. The predicted octanol–water partition coefficient (Wildman–Crippen LogP) is 2.36. The molecule has 0 spiro atoms. The molecule has 2 N–H and O–H groups in total. The van der Waals surface area contributed by atoms with Crippen LogP contribution in [-0.2, 0) is 4.79 Å². The number of amides is 2. The fourth-order valence-corrected chi connectivity index (χ4v) is 1.90. The smallest absolute Gasteiger partial charge is 0.252 e. The summed E-state index contributed by atoms with van der Waals surface area (Å²) in [6.07, 6.45) is 0. The molecule has 1 aromatic carbocycles. The van der Waals surface area contributed by atoms with Crippen LogP contribution in [0.15, 0.2) is 22.7 Å². The van der Waals surface area contributed by atoms with Crippen LogP contribution < -0.4 is 10.6 Å². The number of carbonyl (C=O) groups is 2. The molecule has 18 heavy (non-hydrogen) atoms. The lowest BCUT2D eigenvalue weighted by molar-refractivity contribution is -0.120. The zero-order chi connectivity index (χ0) is 13.7. The molecular formula is C12H14BrClN2O2. The maximum absolute atomic E-state index is 11.8. The van der Waals surface area contributed by atoms with Gasteiger partial charge in [0.25, 0.3) is 5.91 Å². The fourth-order valence-electron chi connectivity index (χ4n) is 1.30. The van der Waals surface area contributed by atoms with E-state index < -0.39 is 0 Å². The van der Waals surface area contributed by atoms with Gasteiger partial charge in [0.2, 0.25) is 5.91 Å². The van der Waals surface area contributed by atoms with Gasteiger partial charge in [0.1, 0.15) is 0 Å². The highest BCUT2D eigenvalue weighted by atomic mass is 79.9. The lowest BCUT2D eigenvalue weighted by Crippen LogP contribution is -2.39. The Morgan fingerprint density at radius 3 is 2.67 bits per heavy atom. The first-order valence-corrected chi connectivity index (χ1v) is 6.60. The molecule has 0 aromatic heterocycles. The SMILES string of the molecule is CC(C)NC(=O)CNC(=O)c1cc(Cl)ccc1Br. The van der Waals surface area contributed by atoms with Gasteiger partial charge in [0.15, 0.2) is 0 Å². The molecule has 0 aliphatic carbocycles. The van der Waals surface area contributed by atoms with E-state index in [1.807, 2.05) is 13.8 Å². The molecule has 0 fully saturated rings. The minimum absolute atomic E-state index is 0.0484. The molecule has 0 unspecified atom stereocenters. The van der Waals surface area contributed by atoms with Crippen molar-refractivity contribution >= 4 is 39.3 Å². The molecule has 1 rings (SSSR count). The minimum Gasteiger partial charge on any atom is -0.352 e. The van der Waals surface area contributed by atoms with E-state index in [-0.39, 0.29) is 24.4 Å². The molecule has 98 valence electrons. The van der Waals surface area contributed by atoms with E-state index in [4.69, 9.17) is 11.6 Å². The molecule has 1 aromatic rings. The van der Waals surface area contributed by atoms with Crippen molar-refractivity contribution in [1.29, 1.82) is 0 Å². The van der Waals surface area contributed by atoms with Gasteiger partial charge in [0.05, 0.1) is 12.1 Å². The van der Waals surface area contributed by atoms with E-state index in [2.05, 4.69) is 26.6 Å². The van der Waals surface area contributed by atoms with Gasteiger partial charge in [0, 0.05) is 15.5 Å². The third-order valence-corrected chi connectivity index (χ3v) is 2.96. The van der Waals surface area contributed by atoms with E-state index in [0.29, 0.717) is 15.1 Å². The van der Waals surface area contributed by atoms with Crippen LogP contribution in [0.3, 0.4) is 0 Å². The van der Waals surface area contributed by atoms with Gasteiger partial charge in [-0.1, -0.05) is 11.6 Å². The van der Waals surface area contributed by atoms with Crippen molar-refractivity contribution in [2.24, 2.45) is 0 Å². The average molecular weight is 334 g/mol. The Morgan fingerprint density at radius 1 is 1.39 bits per heavy atom. The molecule has 0 aliphatic heterocycles. The standard InChI is InChI=1S/C12H14BrClN2O2/c1-7(2)16-11(17)6-15-12(18)9-5-8(14)3-4-10(9)13/h3-5,7H,6H2,1-2H3,(H,15,18)(H,16,17). The molecular weight excluding hydrogens is 320 g/mol. The van der Waals surface area contributed by atoms with Crippen LogP contribution in [0.5, 0.6) is 0 Å². The first-order valence-electron chi connectivity index (χ1n) is 5.42. The molecule has 0 saturated carbocycles. The van der Waals surface area contributed by atoms with Gasteiger partial charge in [-0.3, -0.25) is 9.59 Å². The summed E-state index contributed by atoms with van der Waals surface area (Å²) in [5.41, 5.74) is 0.403. The van der Waals surface area contributed by atoms with Crippen LogP contribution in [0.2, 0.25) is 5.02 Å². The van der Waals surface area contributed by atoms with Crippen molar-refractivity contribution in [3.8, 4) is 0 Å². The zero-order valence-corrected chi connectivity index (χ0v) is 12.4. The van der Waals surface area contributed by atoms with Gasteiger partial charge >= 0.3 is 0 Å². The Hall–Kier alpha value is -1.07. The highest BCUT2D eigenvalue weighted by Gasteiger charge is 2.12. The first-order chi connectivity index (χ1) is 8.40. The average Bonchev–Trinajstić information content (AvgIpc) is 2.28. The number of hydrogen-bond donors (Lipinski definition) is 2. The Labute approximate surface area is 119 Å². The molecule has 0 heterocycles. The van der Waals surface area contributed by atoms with Gasteiger partial charge in [-0.25, -0.2) is 0 Å². The number of rotatable bonds is 4. The van der Waals surface area contributed by atoms with E-state index >= 15 is 0 Å². The highest BCUT2D eigenvalue weighted by molar-refractivity contribution is 9.10. The largest absolute Gasteiger partial charge is 0.352 e. The summed E-state index contributed by atoms with van der Waals surface area (Å²) < 4.78 is 0.633. The van der Waals surface area contributed by atoms with Crippen LogP contribution in [-0.4, -0.2) is 24.4 Å². The van der Waals surface area contributed by atoms with Crippen LogP contribution in [0.4, 0.5) is 0 Å². The maximum atomic E-state index is 11.8. The molecule has 6 heteroatoms. The van der Waals surface area contributed by atoms with Crippen LogP contribution >= 0.6 is 27.5 Å². The van der Waals surface area contributed by atoms with Crippen LogP contribution in [0, 0.1) is 0 Å². The van der Waals surface area contributed by atoms with Gasteiger partial charge in [-0.2, -0.15) is 0 Å². The van der Waals surface area contributed by atoms with Gasteiger partial charge in [-0.15, -0.1) is 0 Å². The number of nitrogens with one attached hydrogen (secondary N) is 2. The summed E-state index contributed by atoms with van der Waals surface area (Å²) in [5.74, 6) is -0.570. The third kappa shape index (κ3) is 4.66. The van der Waals surface area contributed by atoms with E-state index in [9.17, 15) is 9.59 Å². The number of halogens is 2. The van der Waals surface area contributed by atoms with Crippen LogP contribution in [0.1, 0.15) is 24.2 Å². The zero-order valence-electron chi connectivity index (χ0n) is 10.1. The van der Waals surface area contributed by atoms with Crippen molar-refractivity contribution in [2.75, 3.05) is 6.54 Å². The number of carbonyl (C=O) groups excluding carboxylic acids is 2. The topological polar surface area (TPSA) is 58.2 Å². The first kappa shape index (κ1) is 15.0. The molecule has 0 atom stereocenters. The van der Waals surface area contributed by atoms with E-state index in [1.165, 1.54) is 0 Å². The minimum atomic E-state index is -0.344. The molecule has 0 aliphatic rings. The van der Waals surface area contributed by atoms with Gasteiger partial charge < -0.3 is 10.6 Å². The van der Waals surface area contributed by atoms with Crippen molar-refractivity contribution < 1.29 is 9.59 Å². The van der Waals surface area contributed by atoms with E-state index in [0.717, 1.165) is 0 Å². The summed E-state index contributed by atoms with van der Waals surface area (Å²) in [6.45, 7) is 3.65. The molecule has 0 saturated heterocycles. The second-order valence-electron chi connectivity index (χ2n) is 4.03. The predicted molar refractivity (Wildman–Crippen MR) is 74.8 cm³/mol. The lowest BCUT2D eigenvalue weighted by atomic mass is 10.2. The van der Waals surface area contributed by atoms with Crippen LogP contribution in [0.25, 0.3) is 0 Å². The maximum Gasteiger partial charge on any atom is 0.252 e. The van der Waals surface area contributed by atoms with Crippen molar-refractivity contribution in [2.45, 2.75) is 19.9 Å². The van der Waals surface area contributed by atoms with Crippen molar-refractivity contribution in [3.05, 3.63) is 33.3 Å². The second kappa shape index (κ2) is 6.75. The van der Waals surface area contributed by atoms with E-state index in [1.54, 1.807) is 18.2 Å². The van der Waals surface area contributed by atoms with Crippen molar-refractivity contribution in [1.82, 2.24) is 10.6 Å². The summed E-state index contributed by atoms with van der Waals surface area (Å²) in [5, 5.41) is 5.68. The molecule has 4 nitrogen and oxygen atoms in total. The summed E-state index contributed by atoms with van der Waals surface area (Å²) >= 11 is 9.07. The lowest BCUT2D eigenvalue weighted by Gasteiger charge is -2.10. The summed E-state index contributed by atoms with van der Waals surface area (Å²) in [6, 6.07) is 4.95. The molecule has 2 amide bonds.